The minimum Gasteiger partial charge on any atom is -0.262 e. The zero-order chi connectivity index (χ0) is 23.1. The Labute approximate surface area is 193 Å². The number of nitrogens with one attached hydrogen (secondary N) is 1. The number of benzene rings is 4. The molecule has 0 bridgehead atoms. The summed E-state index contributed by atoms with van der Waals surface area (Å²) in [6, 6.07) is 34.9. The normalized spacial score (nSPS) is 11.6. The highest BCUT2D eigenvalue weighted by atomic mass is 32.2. The van der Waals surface area contributed by atoms with Crippen molar-refractivity contribution in [1.82, 2.24) is 4.72 Å². The molecule has 4 rings (SSSR count). The maximum Gasteiger partial charge on any atom is 0.340 e. The number of para-hydroxylation sites is 2. The molecule has 0 aliphatic heterocycles. The quantitative estimate of drug-likeness (QED) is 0.360. The summed E-state index contributed by atoms with van der Waals surface area (Å²) in [6.07, 6.45) is 1.56. The van der Waals surface area contributed by atoms with E-state index in [4.69, 9.17) is 0 Å². The van der Waals surface area contributed by atoms with E-state index in [2.05, 4.69) is 4.72 Å². The maximum absolute atomic E-state index is 13.5. The fraction of sp³-hybridized carbons (Fsp3) is 0. The van der Waals surface area contributed by atoms with Gasteiger partial charge in [0, 0.05) is 0 Å². The van der Waals surface area contributed by atoms with Gasteiger partial charge in [-0.25, -0.2) is 17.9 Å². The molecule has 0 unspecified atom stereocenters. The smallest absolute Gasteiger partial charge is 0.262 e. The molecular formula is C27H22N2O3S. The molecule has 0 fully saturated rings. The summed E-state index contributed by atoms with van der Waals surface area (Å²) in [5.74, 6) is 0. The first-order valence-corrected chi connectivity index (χ1v) is 11.8. The van der Waals surface area contributed by atoms with Gasteiger partial charge in [0.2, 0.25) is 0 Å². The van der Waals surface area contributed by atoms with Crippen LogP contribution in [0.2, 0.25) is 0 Å². The van der Waals surface area contributed by atoms with Gasteiger partial charge in [-0.2, -0.15) is 0 Å². The number of carbonyl (C=O) groups is 1. The Kier molecular flexibility index (Phi) is 6.66. The van der Waals surface area contributed by atoms with Crippen molar-refractivity contribution in [2.75, 3.05) is 4.90 Å². The largest absolute Gasteiger partial charge is 0.340 e. The van der Waals surface area contributed by atoms with Crippen LogP contribution in [0.4, 0.5) is 16.2 Å². The third kappa shape index (κ3) is 5.37. The molecular weight excluding hydrogens is 432 g/mol. The molecule has 2 amide bonds. The molecule has 33 heavy (non-hydrogen) atoms. The molecule has 0 aromatic heterocycles. The van der Waals surface area contributed by atoms with Crippen molar-refractivity contribution >= 4 is 38.4 Å². The summed E-state index contributed by atoms with van der Waals surface area (Å²) in [5, 5.41) is 0. The van der Waals surface area contributed by atoms with Crippen LogP contribution in [-0.2, 0) is 10.0 Å². The summed E-state index contributed by atoms with van der Waals surface area (Å²) in [5.41, 5.74) is 2.28. The first kappa shape index (κ1) is 22.0. The second-order valence-electron chi connectivity index (χ2n) is 7.20. The van der Waals surface area contributed by atoms with Gasteiger partial charge in [-0.1, -0.05) is 97.1 Å². The summed E-state index contributed by atoms with van der Waals surface area (Å²) < 4.78 is 29.2. The maximum atomic E-state index is 13.5. The number of carbonyl (C=O) groups excluding carboxylic acids is 1. The van der Waals surface area contributed by atoms with E-state index in [0.717, 1.165) is 0 Å². The molecule has 4 aromatic carbocycles. The predicted molar refractivity (Wildman–Crippen MR) is 133 cm³/mol. The van der Waals surface area contributed by atoms with Crippen LogP contribution in [0.15, 0.2) is 121 Å². The molecule has 0 saturated carbocycles. The summed E-state index contributed by atoms with van der Waals surface area (Å²) in [6.45, 7) is 0. The number of amides is 2. The number of hydrogen-bond acceptors (Lipinski definition) is 3. The van der Waals surface area contributed by atoms with Gasteiger partial charge in [0.25, 0.3) is 10.0 Å². The van der Waals surface area contributed by atoms with Gasteiger partial charge in [0.1, 0.15) is 0 Å². The predicted octanol–water partition coefficient (Wildman–Crippen LogP) is 6.06. The van der Waals surface area contributed by atoms with E-state index in [-0.39, 0.29) is 4.91 Å². The molecule has 4 aromatic rings. The standard InChI is InChI=1S/C27H22N2O3S/c30-27(29(24-17-9-3-10-18-24)25-19-11-4-12-20-25)28-33(31,32)26(23-15-7-2-8-16-23)21-22-13-5-1-6-14-22/h1-21H,(H,28,30)/b26-21+. The van der Waals surface area contributed by atoms with Crippen LogP contribution in [0.5, 0.6) is 0 Å². The van der Waals surface area contributed by atoms with Crippen molar-refractivity contribution in [3.05, 3.63) is 132 Å². The van der Waals surface area contributed by atoms with Gasteiger partial charge in [0.15, 0.2) is 0 Å². The lowest BCUT2D eigenvalue weighted by atomic mass is 10.1. The number of anilines is 2. The topological polar surface area (TPSA) is 66.5 Å². The van der Waals surface area contributed by atoms with Gasteiger partial charge >= 0.3 is 6.03 Å². The zero-order valence-electron chi connectivity index (χ0n) is 17.7. The van der Waals surface area contributed by atoms with E-state index in [0.29, 0.717) is 22.5 Å². The Morgan fingerprint density at radius 3 is 1.55 bits per heavy atom. The number of rotatable bonds is 6. The lowest BCUT2D eigenvalue weighted by Crippen LogP contribution is -2.40. The molecule has 0 saturated heterocycles. The van der Waals surface area contributed by atoms with E-state index in [1.807, 2.05) is 30.3 Å². The van der Waals surface area contributed by atoms with Gasteiger partial charge in [-0.3, -0.25) is 4.90 Å². The SMILES string of the molecule is O=C(NS(=O)(=O)/C(=C/c1ccccc1)c1ccccc1)N(c1ccccc1)c1ccccc1. The number of hydrogen-bond donors (Lipinski definition) is 1. The summed E-state index contributed by atoms with van der Waals surface area (Å²) >= 11 is 0. The van der Waals surface area contributed by atoms with Crippen molar-refractivity contribution in [2.45, 2.75) is 0 Å². The van der Waals surface area contributed by atoms with Crippen LogP contribution >= 0.6 is 0 Å². The lowest BCUT2D eigenvalue weighted by Gasteiger charge is -2.23. The Hall–Kier alpha value is -4.16. The van der Waals surface area contributed by atoms with Gasteiger partial charge in [-0.05, 0) is 41.5 Å². The fourth-order valence-corrected chi connectivity index (χ4v) is 4.54. The fourth-order valence-electron chi connectivity index (χ4n) is 3.37. The van der Waals surface area contributed by atoms with E-state index in [9.17, 15) is 13.2 Å². The molecule has 0 radical (unpaired) electrons. The monoisotopic (exact) mass is 454 g/mol. The second-order valence-corrected chi connectivity index (χ2v) is 8.85. The van der Waals surface area contributed by atoms with Crippen LogP contribution in [0, 0.1) is 0 Å². The first-order chi connectivity index (χ1) is 16.0. The molecule has 164 valence electrons. The first-order valence-electron chi connectivity index (χ1n) is 10.3. The second kappa shape index (κ2) is 9.97. The molecule has 0 atom stereocenters. The third-order valence-corrected chi connectivity index (χ3v) is 6.27. The number of sulfonamides is 1. The summed E-state index contributed by atoms with van der Waals surface area (Å²) in [4.78, 5) is 14.7. The van der Waals surface area contributed by atoms with Crippen molar-refractivity contribution < 1.29 is 13.2 Å². The average molecular weight is 455 g/mol. The average Bonchev–Trinajstić information content (AvgIpc) is 2.85. The van der Waals surface area contributed by atoms with Crippen LogP contribution in [0.3, 0.4) is 0 Å². The van der Waals surface area contributed by atoms with Gasteiger partial charge < -0.3 is 0 Å². The molecule has 6 heteroatoms. The molecule has 0 aliphatic rings. The highest BCUT2D eigenvalue weighted by molar-refractivity contribution is 7.99. The highest BCUT2D eigenvalue weighted by Gasteiger charge is 2.27. The van der Waals surface area contributed by atoms with Crippen LogP contribution in [0.1, 0.15) is 11.1 Å². The van der Waals surface area contributed by atoms with Crippen LogP contribution < -0.4 is 9.62 Å². The van der Waals surface area contributed by atoms with E-state index >= 15 is 0 Å². The van der Waals surface area contributed by atoms with E-state index in [1.54, 1.807) is 97.1 Å². The summed E-state index contributed by atoms with van der Waals surface area (Å²) in [7, 11) is -4.21. The molecule has 1 N–H and O–H groups in total. The molecule has 5 nitrogen and oxygen atoms in total. The molecule has 0 aliphatic carbocycles. The Balaban J connectivity index is 1.74. The van der Waals surface area contributed by atoms with Crippen molar-refractivity contribution in [3.8, 4) is 0 Å². The van der Waals surface area contributed by atoms with Crippen LogP contribution in [-0.4, -0.2) is 14.4 Å². The Bertz CT molecular complexity index is 1300. The molecule has 0 spiro atoms. The Morgan fingerprint density at radius 2 is 1.06 bits per heavy atom. The van der Waals surface area contributed by atoms with E-state index < -0.39 is 16.1 Å². The van der Waals surface area contributed by atoms with Gasteiger partial charge in [0.05, 0.1) is 16.3 Å². The third-order valence-electron chi connectivity index (χ3n) is 4.90. The van der Waals surface area contributed by atoms with Crippen molar-refractivity contribution in [1.29, 1.82) is 0 Å². The van der Waals surface area contributed by atoms with Crippen LogP contribution in [0.25, 0.3) is 11.0 Å². The Morgan fingerprint density at radius 1 is 0.636 bits per heavy atom. The minimum absolute atomic E-state index is 0.00345. The molecule has 0 heterocycles. The highest BCUT2D eigenvalue weighted by Crippen LogP contribution is 2.27. The van der Waals surface area contributed by atoms with Crippen molar-refractivity contribution in [2.24, 2.45) is 0 Å². The van der Waals surface area contributed by atoms with E-state index in [1.165, 1.54) is 4.90 Å². The minimum atomic E-state index is -4.21. The lowest BCUT2D eigenvalue weighted by molar-refractivity contribution is 0.253. The number of urea groups is 1. The van der Waals surface area contributed by atoms with Gasteiger partial charge in [-0.15, -0.1) is 0 Å². The number of nitrogens with zero attached hydrogens (tertiary/aromatic N) is 1. The van der Waals surface area contributed by atoms with Crippen molar-refractivity contribution in [3.63, 3.8) is 0 Å². The zero-order valence-corrected chi connectivity index (χ0v) is 18.5.